The van der Waals surface area contributed by atoms with Crippen molar-refractivity contribution >= 4 is 27.1 Å². The molecule has 3 atom stereocenters. The van der Waals surface area contributed by atoms with Gasteiger partial charge in [0.05, 0.1) is 25.6 Å². The number of ether oxygens (including phenoxy) is 2. The van der Waals surface area contributed by atoms with Crippen LogP contribution in [0.25, 0.3) is 11.2 Å². The number of aromatic amines is 1. The fraction of sp³-hybridized carbons (Fsp3) is 0.400. The molecular formula is C20H19BrF5N3O2. The molecule has 0 saturated carbocycles. The number of imidazole rings is 1. The van der Waals surface area contributed by atoms with Gasteiger partial charge in [-0.25, -0.2) is 14.4 Å². The van der Waals surface area contributed by atoms with Crippen LogP contribution in [0.5, 0.6) is 5.75 Å². The number of nitrogens with zero attached hydrogens (tertiary/aromatic N) is 2. The molecule has 0 amide bonds. The van der Waals surface area contributed by atoms with E-state index >= 15 is 0 Å². The van der Waals surface area contributed by atoms with Gasteiger partial charge in [0.1, 0.15) is 4.60 Å². The Labute approximate surface area is 183 Å². The van der Waals surface area contributed by atoms with Gasteiger partial charge in [-0.2, -0.15) is 17.6 Å². The van der Waals surface area contributed by atoms with Gasteiger partial charge in [-0.15, -0.1) is 0 Å². The zero-order valence-corrected chi connectivity index (χ0v) is 18.3. The lowest BCUT2D eigenvalue weighted by atomic mass is 9.79. The summed E-state index contributed by atoms with van der Waals surface area (Å²) in [5.41, 5.74) is -0.442. The highest BCUT2D eigenvalue weighted by molar-refractivity contribution is 9.10. The Hall–Kier alpha value is -2.27. The van der Waals surface area contributed by atoms with Gasteiger partial charge in [0.25, 0.3) is 0 Å². The normalized spacial score (nSPS) is 23.5. The smallest absolute Gasteiger partial charge is 0.417 e. The third kappa shape index (κ3) is 4.38. The van der Waals surface area contributed by atoms with Crippen LogP contribution in [0.2, 0.25) is 0 Å². The number of aromatic nitrogens is 3. The number of rotatable bonds is 2. The van der Waals surface area contributed by atoms with Crippen LogP contribution in [-0.4, -0.2) is 40.4 Å². The van der Waals surface area contributed by atoms with Crippen LogP contribution >= 0.6 is 15.9 Å². The van der Waals surface area contributed by atoms with Crippen LogP contribution in [0.4, 0.5) is 22.0 Å². The molecule has 31 heavy (non-hydrogen) atoms. The number of alkyl halides is 3. The molecule has 1 aliphatic rings. The van der Waals surface area contributed by atoms with E-state index in [0.29, 0.717) is 0 Å². The summed E-state index contributed by atoms with van der Waals surface area (Å²) in [6.45, 7) is 2.11. The minimum absolute atomic E-state index is 0.178. The second-order valence-corrected chi connectivity index (χ2v) is 8.01. The monoisotopic (exact) mass is 507 g/mol. The van der Waals surface area contributed by atoms with Crippen molar-refractivity contribution in [1.82, 2.24) is 15.0 Å². The van der Waals surface area contributed by atoms with Gasteiger partial charge in [0.2, 0.25) is 5.82 Å². The summed E-state index contributed by atoms with van der Waals surface area (Å²) in [4.78, 5) is 11.0. The summed E-state index contributed by atoms with van der Waals surface area (Å²) in [5.74, 6) is -4.39. The van der Waals surface area contributed by atoms with Crippen LogP contribution in [-0.2, 0) is 4.74 Å². The molecule has 2 unspecified atom stereocenters. The summed E-state index contributed by atoms with van der Waals surface area (Å²) in [5, 5.41) is 0. The molecule has 4 rings (SSSR count). The van der Waals surface area contributed by atoms with Gasteiger partial charge in [-0.3, -0.25) is 0 Å². The highest BCUT2D eigenvalue weighted by atomic mass is 79.9. The molecule has 1 N–H and O–H groups in total. The fourth-order valence-electron chi connectivity index (χ4n) is 3.47. The maximum Gasteiger partial charge on any atom is 0.417 e. The molecule has 1 aromatic carbocycles. The molecule has 0 bridgehead atoms. The Morgan fingerprint density at radius 1 is 1.23 bits per heavy atom. The number of hydrogen-bond donors (Lipinski definition) is 1. The topological polar surface area (TPSA) is 60.0 Å². The predicted molar refractivity (Wildman–Crippen MR) is 107 cm³/mol. The van der Waals surface area contributed by atoms with E-state index in [-0.39, 0.29) is 17.9 Å². The summed E-state index contributed by atoms with van der Waals surface area (Å²) in [6, 6.07) is 5.92. The van der Waals surface area contributed by atoms with Crippen molar-refractivity contribution in [3.63, 3.8) is 0 Å². The molecule has 3 aromatic rings. The van der Waals surface area contributed by atoms with E-state index in [1.807, 2.05) is 12.1 Å². The lowest BCUT2D eigenvalue weighted by Gasteiger charge is -2.32. The molecule has 2 aromatic heterocycles. The highest BCUT2D eigenvalue weighted by Gasteiger charge is 2.61. The SMILES string of the molecule is Brc1ccc2[nH]cnc2n1.COc1c(C2CO[C@@](C)(C(F)(F)F)C2C)ccc(F)c1F. The van der Waals surface area contributed by atoms with Crippen LogP contribution in [0.1, 0.15) is 25.3 Å². The quantitative estimate of drug-likeness (QED) is 0.353. The number of nitrogens with one attached hydrogen (secondary N) is 1. The number of benzene rings is 1. The molecule has 0 radical (unpaired) electrons. The Kier molecular flexibility index (Phi) is 6.56. The maximum absolute atomic E-state index is 13.7. The highest BCUT2D eigenvalue weighted by Crippen LogP contribution is 2.51. The van der Waals surface area contributed by atoms with Crippen LogP contribution < -0.4 is 4.74 Å². The first kappa shape index (κ1) is 23.4. The van der Waals surface area contributed by atoms with E-state index in [1.54, 1.807) is 6.33 Å². The average molecular weight is 508 g/mol. The third-order valence-corrected chi connectivity index (χ3v) is 5.97. The zero-order valence-electron chi connectivity index (χ0n) is 16.7. The first-order chi connectivity index (χ1) is 14.5. The van der Waals surface area contributed by atoms with E-state index in [0.717, 1.165) is 35.9 Å². The van der Waals surface area contributed by atoms with E-state index in [1.165, 1.54) is 13.0 Å². The second-order valence-electron chi connectivity index (χ2n) is 7.20. The van der Waals surface area contributed by atoms with E-state index < -0.39 is 35.2 Å². The lowest BCUT2D eigenvalue weighted by Crippen LogP contribution is -2.46. The zero-order chi connectivity index (χ0) is 23.0. The number of hydrogen-bond acceptors (Lipinski definition) is 4. The Bertz CT molecular complexity index is 1070. The molecule has 1 aliphatic heterocycles. The van der Waals surface area contributed by atoms with Crippen LogP contribution in [0.15, 0.2) is 35.2 Å². The van der Waals surface area contributed by atoms with Crippen molar-refractivity contribution in [3.8, 4) is 5.75 Å². The Morgan fingerprint density at radius 2 is 1.94 bits per heavy atom. The number of H-pyrrole nitrogens is 1. The number of fused-ring (bicyclic) bond motifs is 1. The van der Waals surface area contributed by atoms with Gasteiger partial charge >= 0.3 is 6.18 Å². The van der Waals surface area contributed by atoms with Gasteiger partial charge in [-0.05, 0) is 41.1 Å². The summed E-state index contributed by atoms with van der Waals surface area (Å²) >= 11 is 3.25. The minimum Gasteiger partial charge on any atom is -0.493 e. The summed E-state index contributed by atoms with van der Waals surface area (Å²) in [7, 11) is 1.14. The van der Waals surface area contributed by atoms with Crippen LogP contribution in [0, 0.1) is 17.6 Å². The molecule has 1 saturated heterocycles. The first-order valence-electron chi connectivity index (χ1n) is 9.17. The molecule has 11 heteroatoms. The van der Waals surface area contributed by atoms with Crippen molar-refractivity contribution in [2.24, 2.45) is 5.92 Å². The Balaban J connectivity index is 0.000000225. The molecule has 168 valence electrons. The first-order valence-corrected chi connectivity index (χ1v) is 9.97. The summed E-state index contributed by atoms with van der Waals surface area (Å²) in [6.07, 6.45) is -2.92. The minimum atomic E-state index is -4.55. The molecule has 1 fully saturated rings. The van der Waals surface area contributed by atoms with Crippen molar-refractivity contribution in [2.75, 3.05) is 13.7 Å². The van der Waals surface area contributed by atoms with Crippen molar-refractivity contribution in [2.45, 2.75) is 31.5 Å². The van der Waals surface area contributed by atoms with Crippen molar-refractivity contribution in [1.29, 1.82) is 0 Å². The predicted octanol–water partition coefficient (Wildman–Crippen LogP) is 5.76. The third-order valence-electron chi connectivity index (χ3n) is 5.53. The molecular weight excluding hydrogens is 489 g/mol. The number of methoxy groups -OCH3 is 1. The largest absolute Gasteiger partial charge is 0.493 e. The average Bonchev–Trinajstić information content (AvgIpc) is 3.29. The Morgan fingerprint density at radius 3 is 2.55 bits per heavy atom. The van der Waals surface area contributed by atoms with Crippen molar-refractivity contribution in [3.05, 3.63) is 52.4 Å². The molecule has 3 heterocycles. The molecule has 0 aliphatic carbocycles. The van der Waals surface area contributed by atoms with E-state index in [4.69, 9.17) is 9.47 Å². The van der Waals surface area contributed by atoms with Gasteiger partial charge in [0.15, 0.2) is 22.8 Å². The van der Waals surface area contributed by atoms with Crippen LogP contribution in [0.3, 0.4) is 0 Å². The van der Waals surface area contributed by atoms with Gasteiger partial charge in [0, 0.05) is 17.4 Å². The number of halogens is 6. The van der Waals surface area contributed by atoms with E-state index in [2.05, 4.69) is 30.9 Å². The maximum atomic E-state index is 13.7. The van der Waals surface area contributed by atoms with Crippen molar-refractivity contribution < 1.29 is 31.4 Å². The lowest BCUT2D eigenvalue weighted by molar-refractivity contribution is -0.266. The standard InChI is InChI=1S/C14H15F5O2.C6H4BrN3/c1-7-9(6-21-13(7,2)14(17,18)19)8-4-5-10(15)11(16)12(8)20-3;7-5-2-1-4-6(10-5)9-3-8-4/h4-5,7,9H,6H2,1-3H3;1-3H,(H,8,9,10)/t7?,9?,13-;/m1./s1. The van der Waals surface area contributed by atoms with E-state index in [9.17, 15) is 22.0 Å². The van der Waals surface area contributed by atoms with Gasteiger partial charge < -0.3 is 14.5 Å². The summed E-state index contributed by atoms with van der Waals surface area (Å²) < 4.78 is 76.9. The van der Waals surface area contributed by atoms with Gasteiger partial charge in [-0.1, -0.05) is 13.0 Å². The number of pyridine rings is 1. The molecule has 5 nitrogen and oxygen atoms in total. The molecule has 0 spiro atoms. The second kappa shape index (κ2) is 8.70. The fourth-order valence-corrected chi connectivity index (χ4v) is 3.77.